The highest BCUT2D eigenvalue weighted by molar-refractivity contribution is 7.86. The first-order chi connectivity index (χ1) is 10.0. The van der Waals surface area contributed by atoms with Crippen molar-refractivity contribution in [3.63, 3.8) is 0 Å². The molecule has 0 radical (unpaired) electrons. The first-order valence-corrected chi connectivity index (χ1v) is 8.18. The summed E-state index contributed by atoms with van der Waals surface area (Å²) in [6.07, 6.45) is 0. The second-order valence-corrected chi connectivity index (χ2v) is 6.23. The third kappa shape index (κ3) is 8.13. The van der Waals surface area contributed by atoms with Crippen LogP contribution in [-0.4, -0.2) is 67.0 Å². The lowest BCUT2D eigenvalue weighted by atomic mass is 10.4. The molecule has 6 nitrogen and oxygen atoms in total. The summed E-state index contributed by atoms with van der Waals surface area (Å²) in [4.78, 5) is 2.18. The quantitative estimate of drug-likeness (QED) is 0.448. The predicted molar refractivity (Wildman–Crippen MR) is 79.8 cm³/mol. The summed E-state index contributed by atoms with van der Waals surface area (Å²) in [5, 5.41) is 0. The molecule has 0 heterocycles. The van der Waals surface area contributed by atoms with E-state index in [-0.39, 0.29) is 18.1 Å². The normalized spacial score (nSPS) is 12.0. The number of ether oxygens (including phenoxy) is 2. The maximum Gasteiger partial charge on any atom is 0.297 e. The molecule has 7 heteroatoms. The fourth-order valence-corrected chi connectivity index (χ4v) is 2.34. The molecule has 1 aromatic rings. The van der Waals surface area contributed by atoms with Crippen LogP contribution in [0.2, 0.25) is 0 Å². The van der Waals surface area contributed by atoms with Crippen molar-refractivity contribution in [3.8, 4) is 0 Å². The molecule has 0 unspecified atom stereocenters. The van der Waals surface area contributed by atoms with Crippen molar-refractivity contribution < 1.29 is 22.1 Å². The number of likely N-dealkylation sites (N-methyl/N-ethyl adjacent to an activating group) is 1. The molecule has 0 spiro atoms. The van der Waals surface area contributed by atoms with Crippen molar-refractivity contribution in [2.24, 2.45) is 0 Å². The molecule has 0 saturated heterocycles. The molecule has 0 saturated carbocycles. The lowest BCUT2D eigenvalue weighted by Gasteiger charge is -2.10. The van der Waals surface area contributed by atoms with Crippen LogP contribution in [0.15, 0.2) is 35.2 Å². The average molecular weight is 317 g/mol. The van der Waals surface area contributed by atoms with Crippen LogP contribution in [0.1, 0.15) is 0 Å². The molecule has 21 heavy (non-hydrogen) atoms. The average Bonchev–Trinajstić information content (AvgIpc) is 2.46. The van der Waals surface area contributed by atoms with Crippen molar-refractivity contribution >= 4 is 10.1 Å². The Balaban J connectivity index is 2.07. The Morgan fingerprint density at radius 1 is 0.905 bits per heavy atom. The molecule has 0 aliphatic carbocycles. The van der Waals surface area contributed by atoms with E-state index in [9.17, 15) is 8.42 Å². The molecular formula is C14H23NO5S. The zero-order chi connectivity index (χ0) is 15.6. The third-order valence-electron chi connectivity index (χ3n) is 2.55. The molecule has 0 aromatic heterocycles. The summed E-state index contributed by atoms with van der Waals surface area (Å²) in [5.41, 5.74) is 0. The molecular weight excluding hydrogens is 294 g/mol. The van der Waals surface area contributed by atoms with Crippen molar-refractivity contribution in [3.05, 3.63) is 30.3 Å². The van der Waals surface area contributed by atoms with Gasteiger partial charge in [0.2, 0.25) is 0 Å². The van der Waals surface area contributed by atoms with E-state index in [2.05, 4.69) is 0 Å². The minimum atomic E-state index is -3.69. The molecule has 120 valence electrons. The van der Waals surface area contributed by atoms with E-state index in [1.54, 1.807) is 18.2 Å². The maximum atomic E-state index is 11.8. The van der Waals surface area contributed by atoms with Crippen LogP contribution in [0.3, 0.4) is 0 Å². The molecule has 0 bridgehead atoms. The molecule has 1 aromatic carbocycles. The van der Waals surface area contributed by atoms with E-state index in [0.29, 0.717) is 19.8 Å². The smallest absolute Gasteiger partial charge is 0.297 e. The fraction of sp³-hybridized carbons (Fsp3) is 0.571. The van der Waals surface area contributed by atoms with Gasteiger partial charge in [0.15, 0.2) is 0 Å². The maximum absolute atomic E-state index is 11.8. The highest BCUT2D eigenvalue weighted by Crippen LogP contribution is 2.10. The first kappa shape index (κ1) is 18.1. The lowest BCUT2D eigenvalue weighted by molar-refractivity contribution is 0.0331. The van der Waals surface area contributed by atoms with Gasteiger partial charge in [0.05, 0.1) is 37.9 Å². The summed E-state index contributed by atoms with van der Waals surface area (Å²) in [6.45, 7) is 2.62. The van der Waals surface area contributed by atoms with Gasteiger partial charge >= 0.3 is 0 Å². The van der Waals surface area contributed by atoms with Gasteiger partial charge in [0.25, 0.3) is 10.1 Å². The van der Waals surface area contributed by atoms with E-state index in [1.807, 2.05) is 19.0 Å². The van der Waals surface area contributed by atoms with E-state index in [4.69, 9.17) is 13.7 Å². The summed E-state index contributed by atoms with van der Waals surface area (Å²) in [5.74, 6) is 0. The Hall–Kier alpha value is -0.990. The van der Waals surface area contributed by atoms with Gasteiger partial charge in [0, 0.05) is 6.54 Å². The van der Waals surface area contributed by atoms with Crippen molar-refractivity contribution in [2.45, 2.75) is 4.90 Å². The predicted octanol–water partition coefficient (Wildman–Crippen LogP) is 0.987. The molecule has 0 aliphatic rings. The van der Waals surface area contributed by atoms with Crippen LogP contribution in [0.4, 0.5) is 0 Å². The fourth-order valence-electron chi connectivity index (χ4n) is 1.43. The molecule has 0 N–H and O–H groups in total. The van der Waals surface area contributed by atoms with Gasteiger partial charge in [-0.05, 0) is 26.2 Å². The van der Waals surface area contributed by atoms with Gasteiger partial charge in [-0.2, -0.15) is 8.42 Å². The monoisotopic (exact) mass is 317 g/mol. The van der Waals surface area contributed by atoms with E-state index >= 15 is 0 Å². The number of hydrogen-bond donors (Lipinski definition) is 0. The second-order valence-electron chi connectivity index (χ2n) is 4.62. The first-order valence-electron chi connectivity index (χ1n) is 6.77. The SMILES string of the molecule is CN(C)CCOCCOCCOS(=O)(=O)c1ccccc1. The number of rotatable bonds is 11. The van der Waals surface area contributed by atoms with Gasteiger partial charge in [-0.15, -0.1) is 0 Å². The van der Waals surface area contributed by atoms with Gasteiger partial charge in [-0.1, -0.05) is 18.2 Å². The van der Waals surface area contributed by atoms with Crippen LogP contribution >= 0.6 is 0 Å². The largest absolute Gasteiger partial charge is 0.378 e. The third-order valence-corrected chi connectivity index (χ3v) is 3.88. The van der Waals surface area contributed by atoms with Crippen LogP contribution in [0.25, 0.3) is 0 Å². The zero-order valence-corrected chi connectivity index (χ0v) is 13.3. The van der Waals surface area contributed by atoms with Crippen LogP contribution in [0, 0.1) is 0 Å². The van der Waals surface area contributed by atoms with Crippen molar-refractivity contribution in [2.75, 3.05) is 53.7 Å². The topological polar surface area (TPSA) is 65.1 Å². The molecule has 0 atom stereocenters. The van der Waals surface area contributed by atoms with E-state index < -0.39 is 10.1 Å². The van der Waals surface area contributed by atoms with Gasteiger partial charge in [-0.3, -0.25) is 4.18 Å². The summed E-state index contributed by atoms with van der Waals surface area (Å²) in [6, 6.07) is 8.04. The van der Waals surface area contributed by atoms with Crippen molar-refractivity contribution in [1.82, 2.24) is 4.90 Å². The summed E-state index contributed by atoms with van der Waals surface area (Å²) >= 11 is 0. The Bertz CT molecular complexity index is 475. The van der Waals surface area contributed by atoms with Crippen LogP contribution < -0.4 is 0 Å². The van der Waals surface area contributed by atoms with Crippen LogP contribution in [0.5, 0.6) is 0 Å². The standard InChI is InChI=1S/C14H23NO5S/c1-15(2)8-9-18-10-11-19-12-13-20-21(16,17)14-6-4-3-5-7-14/h3-7H,8-13H2,1-2H3. The molecule has 0 amide bonds. The van der Waals surface area contributed by atoms with Crippen molar-refractivity contribution in [1.29, 1.82) is 0 Å². The molecule has 0 fully saturated rings. The summed E-state index contributed by atoms with van der Waals surface area (Å²) < 4.78 is 39.0. The van der Waals surface area contributed by atoms with E-state index in [1.165, 1.54) is 12.1 Å². The minimum absolute atomic E-state index is 0.00503. The Labute approximate surface area is 126 Å². The highest BCUT2D eigenvalue weighted by atomic mass is 32.2. The number of benzene rings is 1. The lowest BCUT2D eigenvalue weighted by Crippen LogP contribution is -2.19. The molecule has 1 rings (SSSR count). The van der Waals surface area contributed by atoms with Gasteiger partial charge in [0.1, 0.15) is 0 Å². The Kier molecular flexibility index (Phi) is 8.48. The van der Waals surface area contributed by atoms with Gasteiger partial charge in [-0.25, -0.2) is 0 Å². The van der Waals surface area contributed by atoms with Crippen LogP contribution in [-0.2, 0) is 23.8 Å². The Morgan fingerprint density at radius 3 is 2.10 bits per heavy atom. The number of nitrogens with zero attached hydrogens (tertiary/aromatic N) is 1. The van der Waals surface area contributed by atoms with E-state index in [0.717, 1.165) is 6.54 Å². The minimum Gasteiger partial charge on any atom is -0.378 e. The summed E-state index contributed by atoms with van der Waals surface area (Å²) in [7, 11) is 0.265. The highest BCUT2D eigenvalue weighted by Gasteiger charge is 2.13. The zero-order valence-electron chi connectivity index (χ0n) is 12.5. The second kappa shape index (κ2) is 9.86. The number of hydrogen-bond acceptors (Lipinski definition) is 6. The Morgan fingerprint density at radius 2 is 1.48 bits per heavy atom. The van der Waals surface area contributed by atoms with Gasteiger partial charge < -0.3 is 14.4 Å². The molecule has 0 aliphatic heterocycles.